The fourth-order valence-electron chi connectivity index (χ4n) is 1.63. The molecule has 0 aliphatic heterocycles. The van der Waals surface area contributed by atoms with Gasteiger partial charge in [0.05, 0.1) is 11.1 Å². The lowest BCUT2D eigenvalue weighted by Gasteiger charge is -2.05. The molecule has 2 N–H and O–H groups in total. The number of rotatable bonds is 2. The Morgan fingerprint density at radius 2 is 1.82 bits per heavy atom. The topological polar surface area (TPSA) is 87.5 Å². The van der Waals surface area contributed by atoms with Gasteiger partial charge >= 0.3 is 11.9 Å². The van der Waals surface area contributed by atoms with Crippen molar-refractivity contribution in [1.82, 2.24) is 4.98 Å². The van der Waals surface area contributed by atoms with E-state index in [1.165, 1.54) is 0 Å². The number of carbonyl (C=O) groups is 2. The van der Waals surface area contributed by atoms with Crippen LogP contribution < -0.4 is 0 Å². The minimum Gasteiger partial charge on any atom is -0.478 e. The Bertz CT molecular complexity index is 634. The standard InChI is InChI=1S/C12H9NO4/c1-6-2-3-9-7(4-6)8(11(14)15)5-10(13-9)12(16)17/h2-5H,1H3,(H,14,15)(H,16,17). The van der Waals surface area contributed by atoms with Gasteiger partial charge in [-0.2, -0.15) is 0 Å². The Hall–Kier alpha value is -2.43. The number of hydrogen-bond acceptors (Lipinski definition) is 3. The Morgan fingerprint density at radius 1 is 1.12 bits per heavy atom. The lowest BCUT2D eigenvalue weighted by atomic mass is 10.1. The highest BCUT2D eigenvalue weighted by atomic mass is 16.4. The van der Waals surface area contributed by atoms with Crippen molar-refractivity contribution in [3.63, 3.8) is 0 Å². The van der Waals surface area contributed by atoms with Crippen LogP contribution in [0.2, 0.25) is 0 Å². The maximum absolute atomic E-state index is 11.1. The van der Waals surface area contributed by atoms with Crippen LogP contribution in [-0.2, 0) is 0 Å². The zero-order valence-corrected chi connectivity index (χ0v) is 8.97. The van der Waals surface area contributed by atoms with Crippen LogP contribution >= 0.6 is 0 Å². The molecule has 2 rings (SSSR count). The molecule has 0 saturated heterocycles. The highest BCUT2D eigenvalue weighted by Crippen LogP contribution is 2.20. The summed E-state index contributed by atoms with van der Waals surface area (Å²) in [6.07, 6.45) is 0. The van der Waals surface area contributed by atoms with E-state index in [0.29, 0.717) is 10.9 Å². The van der Waals surface area contributed by atoms with Crippen molar-refractivity contribution >= 4 is 22.8 Å². The first-order valence-electron chi connectivity index (χ1n) is 4.87. The van der Waals surface area contributed by atoms with E-state index in [2.05, 4.69) is 4.98 Å². The molecule has 0 unspecified atom stereocenters. The molecular weight excluding hydrogens is 222 g/mol. The highest BCUT2D eigenvalue weighted by Gasteiger charge is 2.15. The van der Waals surface area contributed by atoms with Crippen LogP contribution in [0.3, 0.4) is 0 Å². The van der Waals surface area contributed by atoms with Crippen LogP contribution in [0.15, 0.2) is 24.3 Å². The third-order valence-corrected chi connectivity index (χ3v) is 2.41. The summed E-state index contributed by atoms with van der Waals surface area (Å²) >= 11 is 0. The molecule has 0 amide bonds. The molecule has 1 aromatic carbocycles. The number of aryl methyl sites for hydroxylation is 1. The number of fused-ring (bicyclic) bond motifs is 1. The molecule has 0 atom stereocenters. The summed E-state index contributed by atoms with van der Waals surface area (Å²) in [6.45, 7) is 1.83. The number of hydrogen-bond donors (Lipinski definition) is 2. The van der Waals surface area contributed by atoms with E-state index in [1.54, 1.807) is 18.2 Å². The lowest BCUT2D eigenvalue weighted by Crippen LogP contribution is -2.06. The summed E-state index contributed by atoms with van der Waals surface area (Å²) in [5.41, 5.74) is 0.952. The van der Waals surface area contributed by atoms with Crippen LogP contribution in [-0.4, -0.2) is 27.1 Å². The van der Waals surface area contributed by atoms with E-state index in [1.807, 2.05) is 6.92 Å². The van der Waals surface area contributed by atoms with Crippen molar-refractivity contribution < 1.29 is 19.8 Å². The number of carboxylic acids is 2. The minimum absolute atomic E-state index is 0.0453. The van der Waals surface area contributed by atoms with Gasteiger partial charge in [0.1, 0.15) is 5.69 Å². The molecule has 5 heteroatoms. The number of aromatic carboxylic acids is 2. The van der Waals surface area contributed by atoms with Crippen molar-refractivity contribution in [3.05, 3.63) is 41.1 Å². The summed E-state index contributed by atoms with van der Waals surface area (Å²) < 4.78 is 0. The SMILES string of the molecule is Cc1ccc2nc(C(=O)O)cc(C(=O)O)c2c1. The second kappa shape index (κ2) is 3.86. The molecule has 1 aromatic heterocycles. The molecular formula is C12H9NO4. The molecule has 5 nitrogen and oxygen atoms in total. The van der Waals surface area contributed by atoms with Gasteiger partial charge in [0.2, 0.25) is 0 Å². The summed E-state index contributed by atoms with van der Waals surface area (Å²) in [7, 11) is 0. The Morgan fingerprint density at radius 3 is 2.41 bits per heavy atom. The average molecular weight is 231 g/mol. The van der Waals surface area contributed by atoms with Gasteiger partial charge in [-0.3, -0.25) is 0 Å². The highest BCUT2D eigenvalue weighted by molar-refractivity contribution is 6.05. The maximum Gasteiger partial charge on any atom is 0.354 e. The molecule has 0 aliphatic carbocycles. The molecule has 0 spiro atoms. The van der Waals surface area contributed by atoms with Crippen molar-refractivity contribution in [3.8, 4) is 0 Å². The third-order valence-electron chi connectivity index (χ3n) is 2.41. The number of carboxylic acid groups (broad SMARTS) is 2. The molecule has 0 aliphatic rings. The first-order chi connectivity index (χ1) is 7.99. The number of benzene rings is 1. The molecule has 1 heterocycles. The lowest BCUT2D eigenvalue weighted by molar-refractivity contribution is 0.0691. The fraction of sp³-hybridized carbons (Fsp3) is 0.0833. The van der Waals surface area contributed by atoms with E-state index in [-0.39, 0.29) is 11.3 Å². The largest absolute Gasteiger partial charge is 0.478 e. The Kier molecular flexibility index (Phi) is 2.51. The van der Waals surface area contributed by atoms with Gasteiger partial charge in [0, 0.05) is 5.39 Å². The average Bonchev–Trinajstić information content (AvgIpc) is 2.27. The van der Waals surface area contributed by atoms with Crippen LogP contribution in [0, 0.1) is 6.92 Å². The van der Waals surface area contributed by atoms with Gasteiger partial charge in [-0.1, -0.05) is 11.6 Å². The van der Waals surface area contributed by atoms with E-state index in [4.69, 9.17) is 10.2 Å². The minimum atomic E-state index is -1.24. The summed E-state index contributed by atoms with van der Waals surface area (Å²) in [5, 5.41) is 18.4. The monoisotopic (exact) mass is 231 g/mol. The predicted molar refractivity (Wildman–Crippen MR) is 60.4 cm³/mol. The van der Waals surface area contributed by atoms with Gasteiger partial charge in [0.25, 0.3) is 0 Å². The molecule has 2 aromatic rings. The molecule has 0 bridgehead atoms. The van der Waals surface area contributed by atoms with Gasteiger partial charge < -0.3 is 10.2 Å². The number of nitrogens with zero attached hydrogens (tertiary/aromatic N) is 1. The first-order valence-corrected chi connectivity index (χ1v) is 4.87. The molecule has 0 saturated carbocycles. The molecule has 0 fully saturated rings. The van der Waals surface area contributed by atoms with Gasteiger partial charge in [-0.25, -0.2) is 14.6 Å². The van der Waals surface area contributed by atoms with Crippen LogP contribution in [0.25, 0.3) is 10.9 Å². The van der Waals surface area contributed by atoms with Crippen molar-refractivity contribution in [1.29, 1.82) is 0 Å². The number of aromatic nitrogens is 1. The van der Waals surface area contributed by atoms with Crippen molar-refractivity contribution in [2.75, 3.05) is 0 Å². The predicted octanol–water partition coefficient (Wildman–Crippen LogP) is 1.94. The zero-order chi connectivity index (χ0) is 12.6. The first kappa shape index (κ1) is 11.1. The zero-order valence-electron chi connectivity index (χ0n) is 8.97. The fourth-order valence-corrected chi connectivity index (χ4v) is 1.63. The smallest absolute Gasteiger partial charge is 0.354 e. The van der Waals surface area contributed by atoms with E-state index in [9.17, 15) is 9.59 Å². The van der Waals surface area contributed by atoms with Crippen LogP contribution in [0.4, 0.5) is 0 Å². The molecule has 0 radical (unpaired) electrons. The normalized spacial score (nSPS) is 10.4. The second-order valence-electron chi connectivity index (χ2n) is 3.69. The third kappa shape index (κ3) is 1.94. The molecule has 86 valence electrons. The van der Waals surface area contributed by atoms with E-state index < -0.39 is 11.9 Å². The van der Waals surface area contributed by atoms with Crippen LogP contribution in [0.1, 0.15) is 26.4 Å². The quantitative estimate of drug-likeness (QED) is 0.824. The van der Waals surface area contributed by atoms with Gasteiger partial charge in [0.15, 0.2) is 0 Å². The summed E-state index contributed by atoms with van der Waals surface area (Å²) in [4.78, 5) is 25.8. The summed E-state index contributed by atoms with van der Waals surface area (Å²) in [5.74, 6) is -2.40. The molecule has 17 heavy (non-hydrogen) atoms. The Labute approximate surface area is 96.3 Å². The second-order valence-corrected chi connectivity index (χ2v) is 3.69. The van der Waals surface area contributed by atoms with E-state index >= 15 is 0 Å². The van der Waals surface area contributed by atoms with Crippen molar-refractivity contribution in [2.24, 2.45) is 0 Å². The van der Waals surface area contributed by atoms with Gasteiger partial charge in [-0.15, -0.1) is 0 Å². The summed E-state index contributed by atoms with van der Waals surface area (Å²) in [6, 6.07) is 6.12. The maximum atomic E-state index is 11.1. The van der Waals surface area contributed by atoms with E-state index in [0.717, 1.165) is 11.6 Å². The van der Waals surface area contributed by atoms with Crippen molar-refractivity contribution in [2.45, 2.75) is 6.92 Å². The Balaban J connectivity index is 2.86. The van der Waals surface area contributed by atoms with Crippen LogP contribution in [0.5, 0.6) is 0 Å². The van der Waals surface area contributed by atoms with Gasteiger partial charge in [-0.05, 0) is 25.1 Å². The number of pyridine rings is 1.